The fraction of sp³-hybridized carbons (Fsp3) is 0.700. The molecule has 0 saturated carbocycles. The van der Waals surface area contributed by atoms with E-state index in [1.165, 1.54) is 0 Å². The number of alkyl carbamates (subject to hydrolysis) is 1. The summed E-state index contributed by atoms with van der Waals surface area (Å²) in [6.45, 7) is 9.55. The first-order valence-electron chi connectivity index (χ1n) is 4.67. The van der Waals surface area contributed by atoms with E-state index >= 15 is 0 Å². The van der Waals surface area contributed by atoms with Gasteiger partial charge in [-0.25, -0.2) is 4.79 Å². The zero-order valence-electron chi connectivity index (χ0n) is 8.87. The Morgan fingerprint density at radius 2 is 2.29 bits per heavy atom. The van der Waals surface area contributed by atoms with E-state index in [1.54, 1.807) is 6.08 Å². The van der Waals surface area contributed by atoms with Crippen molar-refractivity contribution < 1.29 is 14.3 Å². The van der Waals surface area contributed by atoms with Crippen LogP contribution in [-0.4, -0.2) is 30.4 Å². The topological polar surface area (TPSA) is 50.9 Å². The maximum Gasteiger partial charge on any atom is 0.407 e. The minimum atomic E-state index is -0.452. The molecule has 1 N–H and O–H groups in total. The van der Waals surface area contributed by atoms with E-state index < -0.39 is 11.7 Å². The van der Waals surface area contributed by atoms with Gasteiger partial charge in [0.15, 0.2) is 0 Å². The number of hydrogen-bond acceptors (Lipinski definition) is 3. The van der Waals surface area contributed by atoms with Gasteiger partial charge in [-0.05, 0) is 20.8 Å². The molecule has 0 bridgehead atoms. The normalized spacial score (nSPS) is 25.4. The van der Waals surface area contributed by atoms with Gasteiger partial charge in [-0.2, -0.15) is 0 Å². The molecule has 0 radical (unpaired) electrons. The van der Waals surface area contributed by atoms with Crippen molar-refractivity contribution in [2.75, 3.05) is 6.54 Å². The van der Waals surface area contributed by atoms with E-state index in [1.807, 2.05) is 20.8 Å². The number of ether oxygens (including phenoxy) is 2. The predicted molar refractivity (Wildman–Crippen MR) is 53.1 cm³/mol. The molecule has 1 saturated heterocycles. The molecular formula is C10H17NO3. The monoisotopic (exact) mass is 199 g/mol. The molecule has 0 aromatic heterocycles. The quantitative estimate of drug-likeness (QED) is 0.553. The summed E-state index contributed by atoms with van der Waals surface area (Å²) in [7, 11) is 0. The van der Waals surface area contributed by atoms with Crippen LogP contribution < -0.4 is 5.32 Å². The molecule has 0 aliphatic carbocycles. The minimum Gasteiger partial charge on any atom is -0.444 e. The lowest BCUT2D eigenvalue weighted by atomic mass is 10.2. The molecule has 80 valence electrons. The Labute approximate surface area is 84.3 Å². The number of carbonyl (C=O) groups is 1. The van der Waals surface area contributed by atoms with E-state index in [-0.39, 0.29) is 12.2 Å². The van der Waals surface area contributed by atoms with Gasteiger partial charge >= 0.3 is 6.09 Å². The summed E-state index contributed by atoms with van der Waals surface area (Å²) in [5, 5.41) is 2.63. The fourth-order valence-corrected chi connectivity index (χ4v) is 1.03. The summed E-state index contributed by atoms with van der Waals surface area (Å²) < 4.78 is 10.2. The first-order valence-corrected chi connectivity index (χ1v) is 4.67. The first kappa shape index (κ1) is 11.0. The van der Waals surface area contributed by atoms with Crippen molar-refractivity contribution in [1.29, 1.82) is 0 Å². The van der Waals surface area contributed by atoms with Crippen LogP contribution in [0.1, 0.15) is 20.8 Å². The lowest BCUT2D eigenvalue weighted by molar-refractivity contribution is 0.0524. The third kappa shape index (κ3) is 3.79. The van der Waals surface area contributed by atoms with Crippen LogP contribution >= 0.6 is 0 Å². The van der Waals surface area contributed by atoms with Crippen LogP contribution in [0.4, 0.5) is 4.79 Å². The molecule has 0 aromatic carbocycles. The lowest BCUT2D eigenvalue weighted by Crippen LogP contribution is -2.34. The summed E-state index contributed by atoms with van der Waals surface area (Å²) in [5.41, 5.74) is -0.452. The van der Waals surface area contributed by atoms with Gasteiger partial charge in [-0.3, -0.25) is 0 Å². The van der Waals surface area contributed by atoms with Crippen LogP contribution in [0.3, 0.4) is 0 Å². The summed E-state index contributed by atoms with van der Waals surface area (Å²) in [5.74, 6) is 0. The first-order chi connectivity index (χ1) is 6.42. The highest BCUT2D eigenvalue weighted by atomic mass is 16.6. The third-order valence-electron chi connectivity index (χ3n) is 1.70. The van der Waals surface area contributed by atoms with Crippen molar-refractivity contribution in [2.24, 2.45) is 0 Å². The molecule has 4 heteroatoms. The highest BCUT2D eigenvalue weighted by Crippen LogP contribution is 2.21. The molecule has 2 unspecified atom stereocenters. The summed E-state index contributed by atoms with van der Waals surface area (Å²) in [4.78, 5) is 11.2. The number of amides is 1. The number of carbonyl (C=O) groups excluding carboxylic acids is 1. The fourth-order valence-electron chi connectivity index (χ4n) is 1.03. The Hall–Kier alpha value is -1.03. The largest absolute Gasteiger partial charge is 0.444 e. The van der Waals surface area contributed by atoms with Crippen molar-refractivity contribution in [3.8, 4) is 0 Å². The minimum absolute atomic E-state index is 0.0695. The van der Waals surface area contributed by atoms with E-state index in [2.05, 4.69) is 11.9 Å². The molecule has 0 spiro atoms. The molecule has 1 fully saturated rings. The summed E-state index contributed by atoms with van der Waals surface area (Å²) >= 11 is 0. The van der Waals surface area contributed by atoms with Crippen molar-refractivity contribution in [3.05, 3.63) is 12.7 Å². The molecule has 4 nitrogen and oxygen atoms in total. The van der Waals surface area contributed by atoms with Gasteiger partial charge in [-0.15, -0.1) is 6.58 Å². The number of hydrogen-bond donors (Lipinski definition) is 1. The van der Waals surface area contributed by atoms with Gasteiger partial charge in [0.25, 0.3) is 0 Å². The van der Waals surface area contributed by atoms with Gasteiger partial charge < -0.3 is 14.8 Å². The Morgan fingerprint density at radius 3 is 2.71 bits per heavy atom. The van der Waals surface area contributed by atoms with Gasteiger partial charge in [0.2, 0.25) is 0 Å². The maximum atomic E-state index is 11.2. The van der Waals surface area contributed by atoms with Gasteiger partial charge in [0.05, 0.1) is 6.54 Å². The molecular weight excluding hydrogens is 182 g/mol. The number of rotatable bonds is 3. The number of nitrogens with one attached hydrogen (secondary N) is 1. The van der Waals surface area contributed by atoms with E-state index in [0.717, 1.165) is 0 Å². The Balaban J connectivity index is 2.13. The van der Waals surface area contributed by atoms with Crippen LogP contribution in [0.5, 0.6) is 0 Å². The molecule has 1 amide bonds. The highest BCUT2D eigenvalue weighted by molar-refractivity contribution is 5.67. The zero-order chi connectivity index (χ0) is 10.8. The SMILES string of the molecule is C=CC1OC1CNC(=O)OC(C)(C)C. The smallest absolute Gasteiger partial charge is 0.407 e. The van der Waals surface area contributed by atoms with Crippen LogP contribution in [0, 0.1) is 0 Å². The average molecular weight is 199 g/mol. The van der Waals surface area contributed by atoms with Crippen LogP contribution in [-0.2, 0) is 9.47 Å². The third-order valence-corrected chi connectivity index (χ3v) is 1.70. The molecule has 14 heavy (non-hydrogen) atoms. The van der Waals surface area contributed by atoms with E-state index in [0.29, 0.717) is 6.54 Å². The van der Waals surface area contributed by atoms with E-state index in [4.69, 9.17) is 9.47 Å². The van der Waals surface area contributed by atoms with E-state index in [9.17, 15) is 4.79 Å². The Kier molecular flexibility index (Phi) is 3.16. The second kappa shape index (κ2) is 4.00. The molecule has 1 heterocycles. The molecule has 0 aromatic rings. The second-order valence-electron chi connectivity index (χ2n) is 4.26. The predicted octanol–water partition coefficient (Wildman–Crippen LogP) is 1.46. The van der Waals surface area contributed by atoms with Crippen LogP contribution in [0.2, 0.25) is 0 Å². The second-order valence-corrected chi connectivity index (χ2v) is 4.26. The molecule has 1 rings (SSSR count). The summed E-state index contributed by atoms with van der Waals surface area (Å²) in [6, 6.07) is 0. The van der Waals surface area contributed by atoms with Crippen LogP contribution in [0.25, 0.3) is 0 Å². The van der Waals surface area contributed by atoms with Gasteiger partial charge in [0.1, 0.15) is 17.8 Å². The Bertz CT molecular complexity index is 232. The average Bonchev–Trinajstić information content (AvgIpc) is 2.76. The molecule has 1 aliphatic heterocycles. The maximum absolute atomic E-state index is 11.2. The van der Waals surface area contributed by atoms with Crippen molar-refractivity contribution in [3.63, 3.8) is 0 Å². The van der Waals surface area contributed by atoms with Crippen LogP contribution in [0.15, 0.2) is 12.7 Å². The zero-order valence-corrected chi connectivity index (χ0v) is 8.87. The van der Waals surface area contributed by atoms with Crippen molar-refractivity contribution in [2.45, 2.75) is 38.6 Å². The van der Waals surface area contributed by atoms with Gasteiger partial charge in [0, 0.05) is 0 Å². The highest BCUT2D eigenvalue weighted by Gasteiger charge is 2.36. The van der Waals surface area contributed by atoms with Crippen molar-refractivity contribution in [1.82, 2.24) is 5.32 Å². The summed E-state index contributed by atoms with van der Waals surface area (Å²) in [6.07, 6.45) is 1.47. The molecule has 1 aliphatic rings. The van der Waals surface area contributed by atoms with Crippen molar-refractivity contribution >= 4 is 6.09 Å². The molecule has 2 atom stereocenters. The Morgan fingerprint density at radius 1 is 1.64 bits per heavy atom. The van der Waals surface area contributed by atoms with Gasteiger partial charge in [-0.1, -0.05) is 6.08 Å². The standard InChI is InChI=1S/C10H17NO3/c1-5-7-8(13-7)6-11-9(12)14-10(2,3)4/h5,7-8H,1,6H2,2-4H3,(H,11,12). The lowest BCUT2D eigenvalue weighted by Gasteiger charge is -2.19. The number of epoxide rings is 1.